The number of carboxylic acids is 1. The Bertz CT molecular complexity index is 1760. The molecule has 4 aromatic rings. The lowest BCUT2D eigenvalue weighted by Crippen LogP contribution is -2.07. The summed E-state index contributed by atoms with van der Waals surface area (Å²) in [6.07, 6.45) is 7.39. The topological polar surface area (TPSA) is 111 Å². The van der Waals surface area contributed by atoms with Gasteiger partial charge in [0.15, 0.2) is 22.5 Å². The minimum atomic E-state index is -2.33. The van der Waals surface area contributed by atoms with Crippen molar-refractivity contribution in [3.05, 3.63) is 81.5 Å². The van der Waals surface area contributed by atoms with Crippen molar-refractivity contribution in [2.45, 2.75) is 56.3 Å². The first-order chi connectivity index (χ1) is 20.3. The van der Waals surface area contributed by atoms with Gasteiger partial charge < -0.3 is 5.11 Å². The fraction of sp³-hybridized carbons (Fsp3) is 0.323. The van der Waals surface area contributed by atoms with Crippen molar-refractivity contribution in [1.29, 1.82) is 0 Å². The van der Waals surface area contributed by atoms with Crippen LogP contribution in [0.25, 0.3) is 16.4 Å². The predicted octanol–water partition coefficient (Wildman–Crippen LogP) is 5.99. The molecule has 2 aromatic carbocycles. The van der Waals surface area contributed by atoms with Crippen LogP contribution in [-0.4, -0.2) is 25.8 Å². The molecule has 42 heavy (non-hydrogen) atoms. The Balaban J connectivity index is 1.49. The Hall–Kier alpha value is -3.72. The summed E-state index contributed by atoms with van der Waals surface area (Å²) in [6, 6.07) is 9.18. The normalized spacial score (nSPS) is 15.9. The Kier molecular flexibility index (Phi) is 8.03. The van der Waals surface area contributed by atoms with E-state index in [1.807, 2.05) is 0 Å². The van der Waals surface area contributed by atoms with Crippen molar-refractivity contribution < 1.29 is 22.9 Å². The van der Waals surface area contributed by atoms with E-state index in [9.17, 15) is 22.9 Å². The van der Waals surface area contributed by atoms with Gasteiger partial charge in [0.1, 0.15) is 5.82 Å². The second kappa shape index (κ2) is 11.9. The summed E-state index contributed by atoms with van der Waals surface area (Å²) in [5.74, 6) is 4.78. The summed E-state index contributed by atoms with van der Waals surface area (Å²) >= 11 is 1.17. The highest BCUT2D eigenvalue weighted by Crippen LogP contribution is 2.38. The van der Waals surface area contributed by atoms with Gasteiger partial charge in [0, 0.05) is 28.8 Å². The van der Waals surface area contributed by atoms with Gasteiger partial charge in [-0.3, -0.25) is 0 Å². The number of hydrogen-bond acceptors (Lipinski definition) is 5. The SMILES string of the molecule is N[SH+](=O)c1ccc(Cc2c(-c3ccc(F)c(C#CC4CCCC4)c3)nn(-c3nc(C(=O)O)cs3)c2CC2CC2)cc1F. The van der Waals surface area contributed by atoms with Crippen molar-refractivity contribution in [3.63, 3.8) is 0 Å². The molecule has 2 fully saturated rings. The van der Waals surface area contributed by atoms with Crippen LogP contribution < -0.4 is 5.14 Å². The van der Waals surface area contributed by atoms with Crippen LogP contribution in [0.15, 0.2) is 46.7 Å². The van der Waals surface area contributed by atoms with Crippen LogP contribution in [0.5, 0.6) is 0 Å². The highest BCUT2D eigenvalue weighted by molar-refractivity contribution is 7.82. The summed E-state index contributed by atoms with van der Waals surface area (Å²) in [7, 11) is -2.33. The van der Waals surface area contributed by atoms with Crippen LogP contribution >= 0.6 is 11.3 Å². The number of thiazole rings is 1. The van der Waals surface area contributed by atoms with E-state index in [0.29, 0.717) is 34.3 Å². The smallest absolute Gasteiger partial charge is 0.355 e. The first-order valence-electron chi connectivity index (χ1n) is 13.9. The highest BCUT2D eigenvalue weighted by atomic mass is 32.2. The molecule has 0 radical (unpaired) electrons. The van der Waals surface area contributed by atoms with Gasteiger partial charge in [0.25, 0.3) is 0 Å². The summed E-state index contributed by atoms with van der Waals surface area (Å²) in [6.45, 7) is 0. The number of carbonyl (C=O) groups is 1. The number of nitrogens with zero attached hydrogens (tertiary/aromatic N) is 3. The lowest BCUT2D eigenvalue weighted by Gasteiger charge is -2.09. The number of benzene rings is 2. The molecule has 0 saturated heterocycles. The van der Waals surface area contributed by atoms with Crippen LogP contribution in [0.3, 0.4) is 0 Å². The Morgan fingerprint density at radius 2 is 1.90 bits per heavy atom. The average molecular weight is 608 g/mol. The Morgan fingerprint density at radius 3 is 2.57 bits per heavy atom. The van der Waals surface area contributed by atoms with Crippen LogP contribution in [0.1, 0.15) is 71.4 Å². The fourth-order valence-corrected chi connectivity index (χ4v) is 6.66. The standard InChI is InChI=1S/C31H28F2N4O3S2/c32-24-11-10-22(16-21(24)9-7-18-3-1-2-4-18)29-23(13-20-8-12-28(42(34)40)25(33)14-20)27(15-19-5-6-19)37(36-29)31-35-26(17-41-31)30(38)39/h8,10-12,14,16-19H,1-6,13,15H2,(H2,34,40)(H,38,39)/p+1. The number of hydrogen-bond donors (Lipinski definition) is 2. The van der Waals surface area contributed by atoms with Crippen molar-refractivity contribution in [2.24, 2.45) is 17.0 Å². The number of thiol groups is 1. The molecule has 2 aliphatic rings. The molecular formula is C31H29F2N4O3S2+. The summed E-state index contributed by atoms with van der Waals surface area (Å²) in [5, 5.41) is 21.7. The van der Waals surface area contributed by atoms with Gasteiger partial charge in [-0.25, -0.2) is 23.2 Å². The zero-order valence-electron chi connectivity index (χ0n) is 22.6. The van der Waals surface area contributed by atoms with Crippen molar-refractivity contribution in [1.82, 2.24) is 14.8 Å². The van der Waals surface area contributed by atoms with Gasteiger partial charge >= 0.3 is 5.97 Å². The lowest BCUT2D eigenvalue weighted by atomic mass is 9.96. The molecule has 6 rings (SSSR count). The van der Waals surface area contributed by atoms with Crippen molar-refractivity contribution >= 4 is 28.3 Å². The van der Waals surface area contributed by atoms with E-state index in [2.05, 4.69) is 16.8 Å². The predicted molar refractivity (Wildman–Crippen MR) is 158 cm³/mol. The van der Waals surface area contributed by atoms with Gasteiger partial charge in [-0.15, -0.1) is 16.5 Å². The summed E-state index contributed by atoms with van der Waals surface area (Å²) in [4.78, 5) is 15.8. The average Bonchev–Trinajstić information content (AvgIpc) is 3.30. The third-order valence-electron chi connectivity index (χ3n) is 7.80. The largest absolute Gasteiger partial charge is 0.476 e. The Morgan fingerprint density at radius 1 is 1.12 bits per heavy atom. The minimum absolute atomic E-state index is 0.0455. The molecule has 2 aliphatic carbocycles. The van der Waals surface area contributed by atoms with Gasteiger partial charge in [-0.1, -0.05) is 35.0 Å². The highest BCUT2D eigenvalue weighted by Gasteiger charge is 2.30. The third-order valence-corrected chi connectivity index (χ3v) is 9.45. The quantitative estimate of drug-likeness (QED) is 0.145. The van der Waals surface area contributed by atoms with Gasteiger partial charge in [-0.2, -0.15) is 5.10 Å². The van der Waals surface area contributed by atoms with E-state index in [-0.39, 0.29) is 28.5 Å². The first-order valence-corrected chi connectivity index (χ1v) is 16.1. The van der Waals surface area contributed by atoms with E-state index >= 15 is 0 Å². The maximum atomic E-state index is 14.9. The molecule has 2 aromatic heterocycles. The lowest BCUT2D eigenvalue weighted by molar-refractivity contribution is 0.0691. The molecule has 2 saturated carbocycles. The molecule has 0 bridgehead atoms. The number of carboxylic acid groups (broad SMARTS) is 1. The number of nitrogens with two attached hydrogens (primary N) is 1. The van der Waals surface area contributed by atoms with Gasteiger partial charge in [-0.05, 0) is 73.9 Å². The molecule has 1 atom stereocenters. The van der Waals surface area contributed by atoms with E-state index in [1.54, 1.807) is 22.9 Å². The number of rotatable bonds is 8. The summed E-state index contributed by atoms with van der Waals surface area (Å²) in [5.41, 5.74) is 3.69. The monoisotopic (exact) mass is 607 g/mol. The molecule has 0 spiro atoms. The van der Waals surface area contributed by atoms with E-state index in [4.69, 9.17) is 10.2 Å². The third kappa shape index (κ3) is 6.07. The van der Waals surface area contributed by atoms with Crippen LogP contribution in [0.2, 0.25) is 0 Å². The van der Waals surface area contributed by atoms with Crippen molar-refractivity contribution in [2.75, 3.05) is 0 Å². The second-order valence-electron chi connectivity index (χ2n) is 10.9. The maximum absolute atomic E-state index is 14.9. The second-order valence-corrected chi connectivity index (χ2v) is 12.9. The van der Waals surface area contributed by atoms with Crippen LogP contribution in [0, 0.1) is 35.3 Å². The molecule has 3 N–H and O–H groups in total. The number of aromatic carboxylic acids is 1. The molecule has 0 aliphatic heterocycles. The molecule has 7 nitrogen and oxygen atoms in total. The maximum Gasteiger partial charge on any atom is 0.355 e. The fourth-order valence-electron chi connectivity index (χ4n) is 5.39. The Labute approximate surface area is 248 Å². The number of halogens is 2. The van der Waals surface area contributed by atoms with E-state index < -0.39 is 28.6 Å². The molecular weight excluding hydrogens is 578 g/mol. The number of aromatic nitrogens is 3. The van der Waals surface area contributed by atoms with Gasteiger partial charge in [0.2, 0.25) is 10.0 Å². The van der Waals surface area contributed by atoms with Crippen LogP contribution in [0.4, 0.5) is 8.78 Å². The molecule has 11 heteroatoms. The van der Waals surface area contributed by atoms with E-state index in [0.717, 1.165) is 49.8 Å². The van der Waals surface area contributed by atoms with Crippen LogP contribution in [-0.2, 0) is 28.0 Å². The minimum Gasteiger partial charge on any atom is -0.476 e. The first kappa shape index (κ1) is 28.4. The van der Waals surface area contributed by atoms with E-state index in [1.165, 1.54) is 34.9 Å². The molecule has 2 heterocycles. The molecule has 0 amide bonds. The van der Waals surface area contributed by atoms with Crippen molar-refractivity contribution in [3.8, 4) is 28.2 Å². The van der Waals surface area contributed by atoms with Gasteiger partial charge in [0.05, 0.1) is 17.0 Å². The molecule has 216 valence electrons. The zero-order chi connectivity index (χ0) is 29.4. The molecule has 1 unspecified atom stereocenters. The summed E-state index contributed by atoms with van der Waals surface area (Å²) < 4.78 is 43.1. The zero-order valence-corrected chi connectivity index (χ0v) is 24.4.